The molecule has 0 saturated carbocycles. The largest absolute Gasteiger partial charge is 0.361 e. The lowest BCUT2D eigenvalue weighted by Crippen LogP contribution is -1.77. The van der Waals surface area contributed by atoms with Gasteiger partial charge >= 0.3 is 0 Å². The number of nitriles is 1. The Bertz CT molecular complexity index is 1030. The van der Waals surface area contributed by atoms with Gasteiger partial charge in [0.2, 0.25) is 0 Å². The van der Waals surface area contributed by atoms with Crippen LogP contribution in [0.2, 0.25) is 0 Å². The predicted molar refractivity (Wildman–Crippen MR) is 93.8 cm³/mol. The Labute approximate surface area is 136 Å². The van der Waals surface area contributed by atoms with E-state index in [0.29, 0.717) is 4.91 Å². The van der Waals surface area contributed by atoms with Gasteiger partial charge < -0.3 is 9.97 Å². The fourth-order valence-electron chi connectivity index (χ4n) is 2.52. The van der Waals surface area contributed by atoms with E-state index in [-0.39, 0.29) is 0 Å². The Morgan fingerprint density at radius 2 is 1.87 bits per heavy atom. The summed E-state index contributed by atoms with van der Waals surface area (Å²) >= 11 is 1.34. The molecule has 0 fully saturated rings. The second kappa shape index (κ2) is 5.67. The smallest absolute Gasteiger partial charge is 0.171 e. The van der Waals surface area contributed by atoms with Crippen molar-refractivity contribution in [1.29, 1.82) is 5.26 Å². The minimum Gasteiger partial charge on any atom is -0.361 e. The molecule has 4 rings (SSSR count). The van der Waals surface area contributed by atoms with Crippen LogP contribution in [0.3, 0.4) is 0 Å². The number of thioether (sulfide) groups is 1. The molecule has 0 bridgehead atoms. The number of rotatable bonds is 3. The van der Waals surface area contributed by atoms with Gasteiger partial charge in [-0.1, -0.05) is 30.3 Å². The number of aromatic nitrogens is 3. The van der Waals surface area contributed by atoms with Crippen LogP contribution < -0.4 is 0 Å². The molecule has 2 aromatic heterocycles. The van der Waals surface area contributed by atoms with Crippen LogP contribution in [0.25, 0.3) is 28.0 Å². The topological polar surface area (TPSA) is 68.3 Å². The van der Waals surface area contributed by atoms with E-state index in [9.17, 15) is 5.26 Å². The first-order valence-corrected chi connectivity index (χ1v) is 7.95. The van der Waals surface area contributed by atoms with Gasteiger partial charge in [0.1, 0.15) is 6.07 Å². The Kier molecular flexibility index (Phi) is 3.37. The van der Waals surface area contributed by atoms with Crippen molar-refractivity contribution in [1.82, 2.24) is 15.0 Å². The highest BCUT2D eigenvalue weighted by molar-refractivity contribution is 8.03. The van der Waals surface area contributed by atoms with E-state index in [1.165, 1.54) is 11.8 Å². The Hall–Kier alpha value is -2.97. The van der Waals surface area contributed by atoms with E-state index in [4.69, 9.17) is 0 Å². The SMILES string of the molecule is N#C/C(=C\c1c[nH]c2ccccc12)Sc1nc2ccccc2[nH]1. The van der Waals surface area contributed by atoms with Gasteiger partial charge in [-0.05, 0) is 36.0 Å². The first-order chi connectivity index (χ1) is 11.3. The maximum atomic E-state index is 9.44. The number of para-hydroxylation sites is 3. The summed E-state index contributed by atoms with van der Waals surface area (Å²) in [6.07, 6.45) is 3.80. The number of allylic oxidation sites excluding steroid dienone is 1. The third kappa shape index (κ3) is 2.60. The fourth-order valence-corrected chi connectivity index (χ4v) is 3.27. The maximum Gasteiger partial charge on any atom is 0.171 e. The zero-order valence-corrected chi connectivity index (χ0v) is 12.9. The van der Waals surface area contributed by atoms with Gasteiger partial charge in [-0.25, -0.2) is 4.98 Å². The lowest BCUT2D eigenvalue weighted by Gasteiger charge is -1.95. The van der Waals surface area contributed by atoms with E-state index < -0.39 is 0 Å². The number of H-pyrrole nitrogens is 2. The van der Waals surface area contributed by atoms with Crippen LogP contribution in [0, 0.1) is 11.3 Å². The fraction of sp³-hybridized carbons (Fsp3) is 0. The van der Waals surface area contributed by atoms with Crippen molar-refractivity contribution in [2.75, 3.05) is 0 Å². The summed E-state index contributed by atoms with van der Waals surface area (Å²) in [4.78, 5) is 11.5. The summed E-state index contributed by atoms with van der Waals surface area (Å²) in [7, 11) is 0. The first-order valence-electron chi connectivity index (χ1n) is 7.14. The van der Waals surface area contributed by atoms with Crippen molar-refractivity contribution >= 4 is 39.8 Å². The number of aromatic amines is 2. The number of fused-ring (bicyclic) bond motifs is 2. The average molecular weight is 316 g/mol. The quantitative estimate of drug-likeness (QED) is 0.425. The van der Waals surface area contributed by atoms with Crippen LogP contribution in [-0.4, -0.2) is 15.0 Å². The van der Waals surface area contributed by atoms with Crippen molar-refractivity contribution in [3.8, 4) is 6.07 Å². The van der Waals surface area contributed by atoms with E-state index in [2.05, 4.69) is 21.0 Å². The molecule has 2 N–H and O–H groups in total. The van der Waals surface area contributed by atoms with E-state index in [1.807, 2.05) is 60.8 Å². The summed E-state index contributed by atoms with van der Waals surface area (Å²) in [6.45, 7) is 0. The Morgan fingerprint density at radius 3 is 2.70 bits per heavy atom. The summed E-state index contributed by atoms with van der Waals surface area (Å²) < 4.78 is 0. The van der Waals surface area contributed by atoms with Gasteiger partial charge in [-0.15, -0.1) is 0 Å². The van der Waals surface area contributed by atoms with Gasteiger partial charge in [0.15, 0.2) is 5.16 Å². The van der Waals surface area contributed by atoms with Crippen molar-refractivity contribution in [3.05, 3.63) is 65.2 Å². The molecule has 23 heavy (non-hydrogen) atoms. The lowest BCUT2D eigenvalue weighted by atomic mass is 10.1. The molecule has 0 aliphatic heterocycles. The molecular formula is C18H12N4S. The van der Waals surface area contributed by atoms with Crippen molar-refractivity contribution in [2.24, 2.45) is 0 Å². The third-order valence-corrected chi connectivity index (χ3v) is 4.41. The number of benzene rings is 2. The van der Waals surface area contributed by atoms with Crippen LogP contribution >= 0.6 is 11.8 Å². The van der Waals surface area contributed by atoms with E-state index in [1.54, 1.807) is 0 Å². The molecule has 2 aromatic carbocycles. The molecule has 110 valence electrons. The second-order valence-corrected chi connectivity index (χ2v) is 6.10. The van der Waals surface area contributed by atoms with Crippen LogP contribution in [0.15, 0.2) is 64.8 Å². The van der Waals surface area contributed by atoms with Gasteiger partial charge in [-0.2, -0.15) is 5.26 Å². The van der Waals surface area contributed by atoms with Gasteiger partial charge in [-0.3, -0.25) is 0 Å². The molecule has 0 aliphatic rings. The zero-order chi connectivity index (χ0) is 15.6. The number of nitrogens with zero attached hydrogens (tertiary/aromatic N) is 2. The van der Waals surface area contributed by atoms with E-state index in [0.717, 1.165) is 32.7 Å². The van der Waals surface area contributed by atoms with Crippen molar-refractivity contribution in [3.63, 3.8) is 0 Å². The molecule has 0 saturated heterocycles. The number of hydrogen-bond acceptors (Lipinski definition) is 3. The lowest BCUT2D eigenvalue weighted by molar-refractivity contribution is 1.09. The van der Waals surface area contributed by atoms with Crippen LogP contribution in [-0.2, 0) is 0 Å². The maximum absolute atomic E-state index is 9.44. The molecule has 2 heterocycles. The number of nitrogens with one attached hydrogen (secondary N) is 2. The standard InChI is InChI=1S/C18H12N4S/c19-10-13(9-12-11-20-15-6-2-1-5-14(12)15)23-18-21-16-7-3-4-8-17(16)22-18/h1-9,11,20H,(H,21,22)/b13-9+. The highest BCUT2D eigenvalue weighted by Crippen LogP contribution is 2.29. The number of hydrogen-bond donors (Lipinski definition) is 2. The van der Waals surface area contributed by atoms with Crippen molar-refractivity contribution < 1.29 is 0 Å². The molecule has 5 heteroatoms. The molecule has 0 unspecified atom stereocenters. The minimum atomic E-state index is 0.591. The molecule has 0 aliphatic carbocycles. The van der Waals surface area contributed by atoms with E-state index >= 15 is 0 Å². The molecule has 0 radical (unpaired) electrons. The second-order valence-electron chi connectivity index (χ2n) is 5.07. The minimum absolute atomic E-state index is 0.591. The third-order valence-electron chi connectivity index (χ3n) is 3.59. The number of imidazole rings is 1. The van der Waals surface area contributed by atoms with Gasteiger partial charge in [0, 0.05) is 22.7 Å². The summed E-state index contributed by atoms with van der Waals surface area (Å²) in [5, 5.41) is 11.3. The van der Waals surface area contributed by atoms with Crippen molar-refractivity contribution in [2.45, 2.75) is 5.16 Å². The van der Waals surface area contributed by atoms with Gasteiger partial charge in [0.05, 0.1) is 15.9 Å². The molecule has 4 aromatic rings. The molecule has 0 amide bonds. The average Bonchev–Trinajstić information content (AvgIpc) is 3.18. The monoisotopic (exact) mass is 316 g/mol. The molecule has 4 nitrogen and oxygen atoms in total. The zero-order valence-electron chi connectivity index (χ0n) is 12.1. The van der Waals surface area contributed by atoms with Gasteiger partial charge in [0.25, 0.3) is 0 Å². The molecule has 0 atom stereocenters. The molecular weight excluding hydrogens is 304 g/mol. The Balaban J connectivity index is 1.69. The van der Waals surface area contributed by atoms with Crippen LogP contribution in [0.4, 0.5) is 0 Å². The summed E-state index contributed by atoms with van der Waals surface area (Å²) in [5.74, 6) is 0. The molecule has 0 spiro atoms. The van der Waals surface area contributed by atoms with Crippen LogP contribution in [0.1, 0.15) is 5.56 Å². The summed E-state index contributed by atoms with van der Waals surface area (Å²) in [5.41, 5.74) is 3.93. The highest BCUT2D eigenvalue weighted by atomic mass is 32.2. The summed E-state index contributed by atoms with van der Waals surface area (Å²) in [6, 6.07) is 18.1. The first kappa shape index (κ1) is 13.7. The van der Waals surface area contributed by atoms with Crippen LogP contribution in [0.5, 0.6) is 0 Å². The Morgan fingerprint density at radius 1 is 1.09 bits per heavy atom. The predicted octanol–water partition coefficient (Wildman–Crippen LogP) is 4.70. The highest BCUT2D eigenvalue weighted by Gasteiger charge is 2.08. The normalized spacial score (nSPS) is 11.9.